The van der Waals surface area contributed by atoms with Crippen LogP contribution in [0.5, 0.6) is 0 Å². The first-order valence-electron chi connectivity index (χ1n) is 12.2. The van der Waals surface area contributed by atoms with Crippen molar-refractivity contribution < 1.29 is 18.0 Å². The van der Waals surface area contributed by atoms with Gasteiger partial charge in [0.2, 0.25) is 10.0 Å². The summed E-state index contributed by atoms with van der Waals surface area (Å²) in [6.07, 6.45) is 4.34. The lowest BCUT2D eigenvalue weighted by molar-refractivity contribution is 0.0633. The lowest BCUT2D eigenvalue weighted by Gasteiger charge is -2.38. The minimum Gasteiger partial charge on any atom is -0.335 e. The summed E-state index contributed by atoms with van der Waals surface area (Å²) in [5.41, 5.74) is 0.477. The molecule has 0 saturated carbocycles. The van der Waals surface area contributed by atoms with Gasteiger partial charge in [0.1, 0.15) is 0 Å². The molecule has 3 heterocycles. The molecule has 0 radical (unpaired) electrons. The lowest BCUT2D eigenvalue weighted by Crippen LogP contribution is -2.54. The predicted molar refractivity (Wildman–Crippen MR) is 126 cm³/mol. The molecule has 3 amide bonds. The molecule has 3 saturated heterocycles. The van der Waals surface area contributed by atoms with Gasteiger partial charge in [-0.25, -0.2) is 13.2 Å². The molecule has 0 aromatic heterocycles. The normalized spacial score (nSPS) is 25.2. The topological polar surface area (TPSA) is 81.2 Å². The first-order valence-corrected chi connectivity index (χ1v) is 13.6. The number of urea groups is 1. The van der Waals surface area contributed by atoms with Crippen molar-refractivity contribution >= 4 is 22.0 Å². The van der Waals surface area contributed by atoms with Crippen LogP contribution in [0.15, 0.2) is 29.2 Å². The molecule has 2 unspecified atom stereocenters. The van der Waals surface area contributed by atoms with Crippen LogP contribution < -0.4 is 0 Å². The molecule has 0 spiro atoms. The summed E-state index contributed by atoms with van der Waals surface area (Å²) >= 11 is 0. The number of hydrogen-bond acceptors (Lipinski definition) is 4. The molecule has 2 atom stereocenters. The SMILES string of the molecule is CC1CC(C)CN(S(=O)(=O)c2ccc(C(=O)N3CCN(C(=O)N4CCCCC4)CC3)cc2)C1. The Kier molecular flexibility index (Phi) is 7.28. The number of amides is 3. The van der Waals surface area contributed by atoms with E-state index < -0.39 is 10.0 Å². The minimum absolute atomic E-state index is 0.0812. The largest absolute Gasteiger partial charge is 0.335 e. The predicted octanol–water partition coefficient (Wildman–Crippen LogP) is 2.72. The van der Waals surface area contributed by atoms with Crippen LogP contribution in [-0.4, -0.2) is 91.7 Å². The van der Waals surface area contributed by atoms with Crippen molar-refractivity contribution in [2.75, 3.05) is 52.4 Å². The average molecular weight is 477 g/mol. The first-order chi connectivity index (χ1) is 15.8. The van der Waals surface area contributed by atoms with Gasteiger partial charge in [-0.1, -0.05) is 13.8 Å². The van der Waals surface area contributed by atoms with Crippen molar-refractivity contribution in [2.45, 2.75) is 44.4 Å². The molecule has 1 aromatic rings. The quantitative estimate of drug-likeness (QED) is 0.672. The summed E-state index contributed by atoms with van der Waals surface area (Å²) in [5.74, 6) is 0.555. The summed E-state index contributed by atoms with van der Waals surface area (Å²) in [4.78, 5) is 31.4. The zero-order valence-electron chi connectivity index (χ0n) is 19.8. The highest BCUT2D eigenvalue weighted by Gasteiger charge is 2.32. The van der Waals surface area contributed by atoms with Crippen LogP contribution in [-0.2, 0) is 10.0 Å². The number of nitrogens with zero attached hydrogens (tertiary/aromatic N) is 4. The molecule has 182 valence electrons. The van der Waals surface area contributed by atoms with Crippen LogP contribution in [0.25, 0.3) is 0 Å². The molecule has 0 N–H and O–H groups in total. The standard InChI is InChI=1S/C24H36N4O4S/c1-19-16-20(2)18-28(17-19)33(31,32)22-8-6-21(7-9-22)23(29)25-12-14-27(15-13-25)24(30)26-10-4-3-5-11-26/h6-9,19-20H,3-5,10-18H2,1-2H3. The Morgan fingerprint density at radius 2 is 1.27 bits per heavy atom. The zero-order chi connectivity index (χ0) is 23.6. The maximum Gasteiger partial charge on any atom is 0.320 e. The van der Waals surface area contributed by atoms with Crippen molar-refractivity contribution in [3.63, 3.8) is 0 Å². The van der Waals surface area contributed by atoms with Gasteiger partial charge >= 0.3 is 6.03 Å². The van der Waals surface area contributed by atoms with E-state index >= 15 is 0 Å². The van der Waals surface area contributed by atoms with Gasteiger partial charge in [0.15, 0.2) is 0 Å². The van der Waals surface area contributed by atoms with E-state index in [1.54, 1.807) is 33.5 Å². The molecular formula is C24H36N4O4S. The van der Waals surface area contributed by atoms with Gasteiger partial charge in [-0.2, -0.15) is 4.31 Å². The van der Waals surface area contributed by atoms with Gasteiger partial charge in [-0.3, -0.25) is 4.79 Å². The highest BCUT2D eigenvalue weighted by Crippen LogP contribution is 2.27. The van der Waals surface area contributed by atoms with Crippen molar-refractivity contribution in [1.82, 2.24) is 19.0 Å². The molecule has 3 aliphatic heterocycles. The van der Waals surface area contributed by atoms with E-state index in [2.05, 4.69) is 13.8 Å². The van der Waals surface area contributed by atoms with Crippen LogP contribution in [0.3, 0.4) is 0 Å². The molecule has 9 heteroatoms. The van der Waals surface area contributed by atoms with Crippen LogP contribution in [0.4, 0.5) is 4.79 Å². The number of carbonyl (C=O) groups is 2. The van der Waals surface area contributed by atoms with Crippen molar-refractivity contribution in [3.8, 4) is 0 Å². The van der Waals surface area contributed by atoms with E-state index in [1.807, 2.05) is 9.80 Å². The van der Waals surface area contributed by atoms with E-state index in [4.69, 9.17) is 0 Å². The third-order valence-electron chi connectivity index (χ3n) is 7.04. The number of carbonyl (C=O) groups excluding carboxylic acids is 2. The molecule has 33 heavy (non-hydrogen) atoms. The van der Waals surface area contributed by atoms with E-state index in [9.17, 15) is 18.0 Å². The van der Waals surface area contributed by atoms with Gasteiger partial charge in [0.25, 0.3) is 5.91 Å². The van der Waals surface area contributed by atoms with E-state index in [0.717, 1.165) is 32.4 Å². The van der Waals surface area contributed by atoms with Crippen LogP contribution in [0.1, 0.15) is 49.9 Å². The molecule has 3 fully saturated rings. The molecule has 1 aromatic carbocycles. The zero-order valence-corrected chi connectivity index (χ0v) is 20.6. The minimum atomic E-state index is -3.56. The number of piperazine rings is 1. The van der Waals surface area contributed by atoms with Gasteiger partial charge < -0.3 is 14.7 Å². The molecular weight excluding hydrogens is 440 g/mol. The number of sulfonamides is 1. The maximum atomic E-state index is 13.1. The summed E-state index contributed by atoms with van der Waals surface area (Å²) in [7, 11) is -3.56. The van der Waals surface area contributed by atoms with Crippen molar-refractivity contribution in [3.05, 3.63) is 29.8 Å². The number of rotatable bonds is 3. The second kappa shape index (κ2) is 10.0. The van der Waals surface area contributed by atoms with Gasteiger partial charge in [0, 0.05) is 57.9 Å². The van der Waals surface area contributed by atoms with E-state index in [-0.39, 0.29) is 16.8 Å². The van der Waals surface area contributed by atoms with Crippen molar-refractivity contribution in [1.29, 1.82) is 0 Å². The van der Waals surface area contributed by atoms with Crippen LogP contribution in [0.2, 0.25) is 0 Å². The number of piperidine rings is 2. The Morgan fingerprint density at radius 3 is 1.85 bits per heavy atom. The molecule has 0 aliphatic carbocycles. The van der Waals surface area contributed by atoms with Crippen molar-refractivity contribution in [2.24, 2.45) is 11.8 Å². The highest BCUT2D eigenvalue weighted by molar-refractivity contribution is 7.89. The van der Waals surface area contributed by atoms with E-state index in [1.165, 1.54) is 6.42 Å². The van der Waals surface area contributed by atoms with Crippen LogP contribution in [0, 0.1) is 11.8 Å². The summed E-state index contributed by atoms with van der Waals surface area (Å²) < 4.78 is 27.7. The second-order valence-electron chi connectivity index (χ2n) is 9.90. The van der Waals surface area contributed by atoms with Gasteiger partial charge in [0.05, 0.1) is 4.90 Å². The fourth-order valence-corrected chi connectivity index (χ4v) is 6.97. The Hall–Kier alpha value is -2.13. The molecule has 0 bridgehead atoms. The molecule has 8 nitrogen and oxygen atoms in total. The molecule has 4 rings (SSSR count). The summed E-state index contributed by atoms with van der Waals surface area (Å²) in [6.45, 7) is 8.91. The summed E-state index contributed by atoms with van der Waals surface area (Å²) in [6, 6.07) is 6.39. The smallest absolute Gasteiger partial charge is 0.320 e. The number of hydrogen-bond donors (Lipinski definition) is 0. The van der Waals surface area contributed by atoms with Crippen LogP contribution >= 0.6 is 0 Å². The fraction of sp³-hybridized carbons (Fsp3) is 0.667. The highest BCUT2D eigenvalue weighted by atomic mass is 32.2. The summed E-state index contributed by atoms with van der Waals surface area (Å²) in [5, 5.41) is 0. The third-order valence-corrected chi connectivity index (χ3v) is 8.88. The monoisotopic (exact) mass is 476 g/mol. The average Bonchev–Trinajstić information content (AvgIpc) is 2.83. The van der Waals surface area contributed by atoms with Gasteiger partial charge in [-0.05, 0) is 61.8 Å². The number of likely N-dealkylation sites (tertiary alicyclic amines) is 1. The number of benzene rings is 1. The maximum absolute atomic E-state index is 13.1. The Labute approximate surface area is 197 Å². The molecule has 3 aliphatic rings. The first kappa shape index (κ1) is 24.0. The Morgan fingerprint density at radius 1 is 0.758 bits per heavy atom. The Balaban J connectivity index is 1.35. The second-order valence-corrected chi connectivity index (χ2v) is 11.8. The lowest BCUT2D eigenvalue weighted by atomic mass is 9.94. The van der Waals surface area contributed by atoms with Gasteiger partial charge in [-0.15, -0.1) is 0 Å². The Bertz CT molecular complexity index is 941. The van der Waals surface area contributed by atoms with E-state index in [0.29, 0.717) is 56.7 Å². The fourth-order valence-electron chi connectivity index (χ4n) is 5.29. The third kappa shape index (κ3) is 5.35.